The molecule has 0 aliphatic carbocycles. The summed E-state index contributed by atoms with van der Waals surface area (Å²) < 4.78 is 4.94. The van der Waals surface area contributed by atoms with E-state index in [9.17, 15) is 9.59 Å². The van der Waals surface area contributed by atoms with E-state index in [2.05, 4.69) is 4.98 Å². The number of hydrogen-bond acceptors (Lipinski definition) is 5. The maximum Gasteiger partial charge on any atom is 0.303 e. The smallest absolute Gasteiger partial charge is 0.303 e. The van der Waals surface area contributed by atoms with Crippen molar-refractivity contribution in [3.8, 4) is 10.6 Å². The largest absolute Gasteiger partial charge is 0.447 e. The van der Waals surface area contributed by atoms with Gasteiger partial charge in [-0.25, -0.2) is 4.98 Å². The molecule has 1 heterocycles. The number of aromatic nitrogens is 1. The van der Waals surface area contributed by atoms with Crippen molar-refractivity contribution >= 4 is 23.2 Å². The van der Waals surface area contributed by atoms with Gasteiger partial charge < -0.3 is 10.5 Å². The quantitative estimate of drug-likeness (QED) is 0.865. The van der Waals surface area contributed by atoms with Gasteiger partial charge in [0.25, 0.3) is 5.91 Å². The first-order chi connectivity index (χ1) is 9.08. The summed E-state index contributed by atoms with van der Waals surface area (Å²) in [7, 11) is 0. The van der Waals surface area contributed by atoms with E-state index in [-0.39, 0.29) is 0 Å². The molecule has 0 spiro atoms. The second-order valence-electron chi connectivity index (χ2n) is 3.85. The maximum atomic E-state index is 11.4. The number of esters is 1. The summed E-state index contributed by atoms with van der Waals surface area (Å²) in [5.41, 5.74) is 6.65. The van der Waals surface area contributed by atoms with Gasteiger partial charge in [-0.2, -0.15) is 0 Å². The van der Waals surface area contributed by atoms with Gasteiger partial charge >= 0.3 is 5.97 Å². The van der Waals surface area contributed by atoms with Crippen LogP contribution in [0.25, 0.3) is 10.6 Å². The number of thiazole rings is 1. The Morgan fingerprint density at radius 1 is 1.42 bits per heavy atom. The van der Waals surface area contributed by atoms with Crippen molar-refractivity contribution in [1.29, 1.82) is 0 Å². The third-order valence-corrected chi connectivity index (χ3v) is 3.23. The van der Waals surface area contributed by atoms with E-state index in [0.717, 1.165) is 10.6 Å². The highest BCUT2D eigenvalue weighted by molar-refractivity contribution is 7.13. The van der Waals surface area contributed by atoms with Crippen LogP contribution in [0.3, 0.4) is 0 Å². The Hall–Kier alpha value is -2.21. The van der Waals surface area contributed by atoms with Crippen LogP contribution in [0.2, 0.25) is 0 Å². The molecular formula is C13H12N2O3S. The summed E-state index contributed by atoms with van der Waals surface area (Å²) >= 11 is 1.48. The van der Waals surface area contributed by atoms with Crippen molar-refractivity contribution in [2.45, 2.75) is 13.0 Å². The SMILES string of the molecule is CC(=O)OC(C(N)=O)c1cccc(-c2nccs2)c1. The van der Waals surface area contributed by atoms with E-state index in [0.29, 0.717) is 5.56 Å². The zero-order valence-electron chi connectivity index (χ0n) is 10.2. The molecule has 2 N–H and O–H groups in total. The highest BCUT2D eigenvalue weighted by atomic mass is 32.1. The standard InChI is InChI=1S/C13H12N2O3S/c1-8(16)18-11(12(14)17)9-3-2-4-10(7-9)13-15-5-6-19-13/h2-7,11H,1H3,(H2,14,17). The van der Waals surface area contributed by atoms with Gasteiger partial charge in [0, 0.05) is 29.6 Å². The second-order valence-corrected chi connectivity index (χ2v) is 4.75. The van der Waals surface area contributed by atoms with Crippen LogP contribution in [0.5, 0.6) is 0 Å². The Morgan fingerprint density at radius 2 is 2.21 bits per heavy atom. The third-order valence-electron chi connectivity index (χ3n) is 2.41. The van der Waals surface area contributed by atoms with Gasteiger partial charge in [0.15, 0.2) is 0 Å². The molecule has 0 bridgehead atoms. The molecule has 0 aliphatic heterocycles. The Bertz CT molecular complexity index is 596. The molecule has 1 atom stereocenters. The van der Waals surface area contributed by atoms with Crippen LogP contribution in [-0.4, -0.2) is 16.9 Å². The van der Waals surface area contributed by atoms with Gasteiger partial charge in [0.05, 0.1) is 0 Å². The van der Waals surface area contributed by atoms with E-state index >= 15 is 0 Å². The second kappa shape index (κ2) is 5.62. The highest BCUT2D eigenvalue weighted by Gasteiger charge is 2.21. The zero-order chi connectivity index (χ0) is 13.8. The first-order valence-electron chi connectivity index (χ1n) is 5.54. The van der Waals surface area contributed by atoms with E-state index in [4.69, 9.17) is 10.5 Å². The maximum absolute atomic E-state index is 11.4. The normalized spacial score (nSPS) is 11.8. The van der Waals surface area contributed by atoms with Crippen LogP contribution in [-0.2, 0) is 14.3 Å². The molecule has 0 saturated heterocycles. The van der Waals surface area contributed by atoms with Crippen LogP contribution >= 0.6 is 11.3 Å². The molecule has 2 aromatic rings. The molecular weight excluding hydrogens is 264 g/mol. The van der Waals surface area contributed by atoms with Crippen molar-refractivity contribution in [3.05, 3.63) is 41.4 Å². The minimum atomic E-state index is -1.07. The fourth-order valence-electron chi connectivity index (χ4n) is 1.66. The van der Waals surface area contributed by atoms with Crippen LogP contribution in [0.15, 0.2) is 35.8 Å². The molecule has 5 nitrogen and oxygen atoms in total. The van der Waals surface area contributed by atoms with Gasteiger partial charge in [-0.3, -0.25) is 9.59 Å². The van der Waals surface area contributed by atoms with Crippen LogP contribution in [0, 0.1) is 0 Å². The first kappa shape index (κ1) is 13.2. The average molecular weight is 276 g/mol. The average Bonchev–Trinajstić information content (AvgIpc) is 2.89. The Labute approximate surface area is 114 Å². The summed E-state index contributed by atoms with van der Waals surface area (Å²) in [6, 6.07) is 7.08. The molecule has 2 rings (SSSR count). The van der Waals surface area contributed by atoms with Gasteiger partial charge in [-0.1, -0.05) is 18.2 Å². The number of hydrogen-bond donors (Lipinski definition) is 1. The molecule has 0 fully saturated rings. The summed E-state index contributed by atoms with van der Waals surface area (Å²) in [5, 5.41) is 2.69. The number of carbonyl (C=O) groups is 2. The number of ether oxygens (including phenoxy) is 1. The number of primary amides is 1. The molecule has 1 amide bonds. The van der Waals surface area contributed by atoms with Crippen molar-refractivity contribution in [2.75, 3.05) is 0 Å². The van der Waals surface area contributed by atoms with E-state index in [1.165, 1.54) is 18.3 Å². The Morgan fingerprint density at radius 3 is 2.79 bits per heavy atom. The number of amides is 1. The number of nitrogens with two attached hydrogens (primary N) is 1. The highest BCUT2D eigenvalue weighted by Crippen LogP contribution is 2.26. The van der Waals surface area contributed by atoms with Crippen LogP contribution in [0.1, 0.15) is 18.6 Å². The monoisotopic (exact) mass is 276 g/mol. The van der Waals surface area contributed by atoms with Gasteiger partial charge in [-0.15, -0.1) is 11.3 Å². The summed E-state index contributed by atoms with van der Waals surface area (Å²) in [6.07, 6.45) is 0.627. The van der Waals surface area contributed by atoms with Crippen molar-refractivity contribution in [1.82, 2.24) is 4.98 Å². The predicted molar refractivity (Wildman–Crippen MR) is 71.3 cm³/mol. The van der Waals surface area contributed by atoms with Crippen LogP contribution < -0.4 is 5.73 Å². The topological polar surface area (TPSA) is 82.3 Å². The van der Waals surface area contributed by atoms with Crippen molar-refractivity contribution < 1.29 is 14.3 Å². The molecule has 0 radical (unpaired) electrons. The predicted octanol–water partition coefficient (Wildman–Crippen LogP) is 1.90. The molecule has 1 aromatic heterocycles. The fourth-order valence-corrected chi connectivity index (χ4v) is 2.29. The summed E-state index contributed by atoms with van der Waals surface area (Å²) in [4.78, 5) is 26.6. The number of rotatable bonds is 4. The van der Waals surface area contributed by atoms with Gasteiger partial charge in [-0.05, 0) is 6.07 Å². The van der Waals surface area contributed by atoms with E-state index in [1.807, 2.05) is 11.4 Å². The summed E-state index contributed by atoms with van der Waals surface area (Å²) in [5.74, 6) is -1.25. The number of carbonyl (C=O) groups excluding carboxylic acids is 2. The molecule has 1 unspecified atom stereocenters. The summed E-state index contributed by atoms with van der Waals surface area (Å²) in [6.45, 7) is 1.24. The van der Waals surface area contributed by atoms with Gasteiger partial charge in [0.1, 0.15) is 5.01 Å². The Kier molecular flexibility index (Phi) is 3.91. The van der Waals surface area contributed by atoms with Gasteiger partial charge in [0.2, 0.25) is 6.10 Å². The fraction of sp³-hybridized carbons (Fsp3) is 0.154. The molecule has 19 heavy (non-hydrogen) atoms. The number of benzene rings is 1. The first-order valence-corrected chi connectivity index (χ1v) is 6.42. The lowest BCUT2D eigenvalue weighted by Gasteiger charge is -2.14. The minimum Gasteiger partial charge on any atom is -0.447 e. The number of nitrogens with zero attached hydrogens (tertiary/aromatic N) is 1. The molecule has 98 valence electrons. The molecule has 0 saturated carbocycles. The lowest BCUT2D eigenvalue weighted by molar-refractivity contribution is -0.153. The molecule has 6 heteroatoms. The van der Waals surface area contributed by atoms with Crippen LogP contribution in [0.4, 0.5) is 0 Å². The Balaban J connectivity index is 2.36. The lowest BCUT2D eigenvalue weighted by atomic mass is 10.1. The van der Waals surface area contributed by atoms with Crippen molar-refractivity contribution in [2.24, 2.45) is 5.73 Å². The lowest BCUT2D eigenvalue weighted by Crippen LogP contribution is -2.25. The molecule has 0 aliphatic rings. The third kappa shape index (κ3) is 3.17. The van der Waals surface area contributed by atoms with E-state index < -0.39 is 18.0 Å². The van der Waals surface area contributed by atoms with E-state index in [1.54, 1.807) is 24.4 Å². The minimum absolute atomic E-state index is 0.537. The zero-order valence-corrected chi connectivity index (χ0v) is 11.0. The van der Waals surface area contributed by atoms with Crippen molar-refractivity contribution in [3.63, 3.8) is 0 Å². The molecule has 1 aromatic carbocycles.